The summed E-state index contributed by atoms with van der Waals surface area (Å²) in [5.41, 5.74) is 4.67. The smallest absolute Gasteiger partial charge is 0.159 e. The van der Waals surface area contributed by atoms with Crippen molar-refractivity contribution in [1.82, 2.24) is 9.97 Å². The second kappa shape index (κ2) is 14.5. The minimum Gasteiger partial charge on any atom is -0.494 e. The molecule has 0 saturated carbocycles. The van der Waals surface area contributed by atoms with Gasteiger partial charge in [-0.15, -0.1) is 0 Å². The zero-order valence-corrected chi connectivity index (χ0v) is 20.6. The monoisotopic (exact) mass is 444 g/mol. The predicted octanol–water partition coefficient (Wildman–Crippen LogP) is 8.67. The molecule has 33 heavy (non-hydrogen) atoms. The van der Waals surface area contributed by atoms with Crippen molar-refractivity contribution in [3.8, 4) is 28.3 Å². The number of nitrogens with zero attached hydrogens (tertiary/aromatic N) is 2. The van der Waals surface area contributed by atoms with Gasteiger partial charge in [0.2, 0.25) is 0 Å². The van der Waals surface area contributed by atoms with Crippen molar-refractivity contribution in [3.05, 3.63) is 66.5 Å². The van der Waals surface area contributed by atoms with E-state index in [1.807, 2.05) is 12.4 Å². The molecule has 0 fully saturated rings. The highest BCUT2D eigenvalue weighted by atomic mass is 16.5. The van der Waals surface area contributed by atoms with Gasteiger partial charge in [0.05, 0.1) is 6.61 Å². The quantitative estimate of drug-likeness (QED) is 0.220. The maximum atomic E-state index is 5.86. The molecule has 0 radical (unpaired) electrons. The Morgan fingerprint density at radius 1 is 0.576 bits per heavy atom. The third kappa shape index (κ3) is 8.64. The number of benzene rings is 2. The minimum absolute atomic E-state index is 0.792. The lowest BCUT2D eigenvalue weighted by atomic mass is 10.0. The maximum Gasteiger partial charge on any atom is 0.159 e. The van der Waals surface area contributed by atoms with Gasteiger partial charge < -0.3 is 4.74 Å². The van der Waals surface area contributed by atoms with E-state index in [1.54, 1.807) is 0 Å². The Balaban J connectivity index is 1.48. The molecular formula is C30H40N2O. The molecule has 3 aromatic rings. The highest BCUT2D eigenvalue weighted by molar-refractivity contribution is 5.68. The standard InChI is InChI=1S/C30H40N2O/c1-3-5-7-9-10-11-13-25-23-31-30(32-24-25)28-16-14-26(15-17-28)27-18-20-29(21-19-27)33-22-12-8-6-4-2/h14-21,23-24H,3-13,22H2,1-2H3. The fourth-order valence-electron chi connectivity index (χ4n) is 4.02. The Kier molecular flexibility index (Phi) is 10.9. The van der Waals surface area contributed by atoms with Gasteiger partial charge >= 0.3 is 0 Å². The highest BCUT2D eigenvalue weighted by Gasteiger charge is 2.04. The Morgan fingerprint density at radius 3 is 1.73 bits per heavy atom. The van der Waals surface area contributed by atoms with Crippen LogP contribution in [-0.4, -0.2) is 16.6 Å². The summed E-state index contributed by atoms with van der Waals surface area (Å²) in [7, 11) is 0. The fraction of sp³-hybridized carbons (Fsp3) is 0.467. The summed E-state index contributed by atoms with van der Waals surface area (Å²) in [5.74, 6) is 1.74. The van der Waals surface area contributed by atoms with Crippen LogP contribution in [-0.2, 0) is 6.42 Å². The van der Waals surface area contributed by atoms with Crippen molar-refractivity contribution >= 4 is 0 Å². The van der Waals surface area contributed by atoms with Gasteiger partial charge in [-0.2, -0.15) is 0 Å². The van der Waals surface area contributed by atoms with Gasteiger partial charge in [-0.05, 0) is 48.1 Å². The van der Waals surface area contributed by atoms with Gasteiger partial charge in [0.1, 0.15) is 5.75 Å². The molecule has 0 aliphatic carbocycles. The van der Waals surface area contributed by atoms with Crippen LogP contribution in [0.25, 0.3) is 22.5 Å². The van der Waals surface area contributed by atoms with E-state index in [2.05, 4.69) is 72.3 Å². The lowest BCUT2D eigenvalue weighted by molar-refractivity contribution is 0.305. The molecule has 1 heterocycles. The molecule has 2 aromatic carbocycles. The summed E-state index contributed by atoms with van der Waals surface area (Å²) < 4.78 is 5.86. The lowest BCUT2D eigenvalue weighted by Gasteiger charge is -2.08. The average molecular weight is 445 g/mol. The molecule has 0 aliphatic rings. The second-order valence-corrected chi connectivity index (χ2v) is 8.94. The van der Waals surface area contributed by atoms with Crippen molar-refractivity contribution in [2.24, 2.45) is 0 Å². The first-order chi connectivity index (χ1) is 16.3. The van der Waals surface area contributed by atoms with Gasteiger partial charge in [-0.3, -0.25) is 0 Å². The number of hydrogen-bond acceptors (Lipinski definition) is 3. The topological polar surface area (TPSA) is 35.0 Å². The van der Waals surface area contributed by atoms with E-state index in [0.29, 0.717) is 0 Å². The molecule has 0 saturated heterocycles. The van der Waals surface area contributed by atoms with E-state index in [-0.39, 0.29) is 0 Å². The molecule has 0 spiro atoms. The van der Waals surface area contributed by atoms with E-state index in [0.717, 1.165) is 36.6 Å². The molecule has 3 rings (SSSR count). The molecule has 1 aromatic heterocycles. The predicted molar refractivity (Wildman–Crippen MR) is 140 cm³/mol. The molecule has 0 amide bonds. The van der Waals surface area contributed by atoms with Crippen LogP contribution in [0, 0.1) is 0 Å². The van der Waals surface area contributed by atoms with Crippen LogP contribution in [0.1, 0.15) is 83.6 Å². The summed E-state index contributed by atoms with van der Waals surface area (Å²) in [6, 6.07) is 16.9. The molecule has 0 aliphatic heterocycles. The Labute approximate surface area is 200 Å². The first kappa shape index (κ1) is 25.0. The van der Waals surface area contributed by atoms with Crippen LogP contribution in [0.3, 0.4) is 0 Å². The van der Waals surface area contributed by atoms with E-state index in [1.165, 1.54) is 74.5 Å². The van der Waals surface area contributed by atoms with Crippen molar-refractivity contribution in [2.45, 2.75) is 84.5 Å². The zero-order valence-electron chi connectivity index (χ0n) is 20.6. The van der Waals surface area contributed by atoms with Gasteiger partial charge in [0, 0.05) is 18.0 Å². The average Bonchev–Trinajstić information content (AvgIpc) is 2.87. The van der Waals surface area contributed by atoms with Crippen molar-refractivity contribution < 1.29 is 4.74 Å². The van der Waals surface area contributed by atoms with E-state index >= 15 is 0 Å². The van der Waals surface area contributed by atoms with Gasteiger partial charge in [-0.1, -0.05) is 102 Å². The Hall–Kier alpha value is -2.68. The molecular weight excluding hydrogens is 404 g/mol. The van der Waals surface area contributed by atoms with Crippen molar-refractivity contribution in [1.29, 1.82) is 0 Å². The fourth-order valence-corrected chi connectivity index (χ4v) is 4.02. The van der Waals surface area contributed by atoms with Gasteiger partial charge in [0.15, 0.2) is 5.82 Å². The number of unbranched alkanes of at least 4 members (excludes halogenated alkanes) is 8. The van der Waals surface area contributed by atoms with E-state index in [9.17, 15) is 0 Å². The summed E-state index contributed by atoms with van der Waals surface area (Å²) in [6.45, 7) is 5.29. The first-order valence-electron chi connectivity index (χ1n) is 12.9. The van der Waals surface area contributed by atoms with E-state index < -0.39 is 0 Å². The van der Waals surface area contributed by atoms with Gasteiger partial charge in [0.25, 0.3) is 0 Å². The summed E-state index contributed by atoms with van der Waals surface area (Å²) in [6.07, 6.45) is 17.8. The molecule has 176 valence electrons. The van der Waals surface area contributed by atoms with Gasteiger partial charge in [-0.25, -0.2) is 9.97 Å². The van der Waals surface area contributed by atoms with Crippen LogP contribution in [0.15, 0.2) is 60.9 Å². The van der Waals surface area contributed by atoms with E-state index in [4.69, 9.17) is 4.74 Å². The third-order valence-electron chi connectivity index (χ3n) is 6.12. The molecule has 0 atom stereocenters. The third-order valence-corrected chi connectivity index (χ3v) is 6.12. The van der Waals surface area contributed by atoms with Crippen LogP contribution in [0.4, 0.5) is 0 Å². The summed E-state index contributed by atoms with van der Waals surface area (Å²) in [5, 5.41) is 0. The van der Waals surface area contributed by atoms with Crippen LogP contribution >= 0.6 is 0 Å². The second-order valence-electron chi connectivity index (χ2n) is 8.94. The molecule has 0 unspecified atom stereocenters. The molecule has 3 nitrogen and oxygen atoms in total. The first-order valence-corrected chi connectivity index (χ1v) is 12.9. The molecule has 0 N–H and O–H groups in total. The summed E-state index contributed by atoms with van der Waals surface area (Å²) >= 11 is 0. The number of hydrogen-bond donors (Lipinski definition) is 0. The van der Waals surface area contributed by atoms with Crippen LogP contribution < -0.4 is 4.74 Å². The largest absolute Gasteiger partial charge is 0.494 e. The number of aromatic nitrogens is 2. The molecule has 3 heteroatoms. The Morgan fingerprint density at radius 2 is 1.09 bits per heavy atom. The SMILES string of the molecule is CCCCCCCCc1cnc(-c2ccc(-c3ccc(OCCCCCC)cc3)cc2)nc1. The maximum absolute atomic E-state index is 5.86. The number of aryl methyl sites for hydroxylation is 1. The Bertz CT molecular complexity index is 902. The van der Waals surface area contributed by atoms with Crippen LogP contribution in [0.2, 0.25) is 0 Å². The summed E-state index contributed by atoms with van der Waals surface area (Å²) in [4.78, 5) is 9.22. The minimum atomic E-state index is 0.792. The van der Waals surface area contributed by atoms with Crippen LogP contribution in [0.5, 0.6) is 5.75 Å². The zero-order chi connectivity index (χ0) is 23.1. The molecule has 0 bridgehead atoms. The number of rotatable bonds is 15. The van der Waals surface area contributed by atoms with Crippen molar-refractivity contribution in [3.63, 3.8) is 0 Å². The normalized spacial score (nSPS) is 11.0. The lowest BCUT2D eigenvalue weighted by Crippen LogP contribution is -1.97. The number of ether oxygens (including phenoxy) is 1. The van der Waals surface area contributed by atoms with Crippen molar-refractivity contribution in [2.75, 3.05) is 6.61 Å². The highest BCUT2D eigenvalue weighted by Crippen LogP contribution is 2.25.